The highest BCUT2D eigenvalue weighted by atomic mass is 35.5. The fourth-order valence-corrected chi connectivity index (χ4v) is 1.51. The topological polar surface area (TPSA) is 42.1 Å². The van der Waals surface area contributed by atoms with E-state index in [2.05, 4.69) is 4.98 Å². The van der Waals surface area contributed by atoms with E-state index >= 15 is 0 Å². The maximum Gasteiger partial charge on any atom is 0.167 e. The third kappa shape index (κ3) is 3.04. The molecule has 0 amide bonds. The summed E-state index contributed by atoms with van der Waals surface area (Å²) in [6.45, 7) is 4.96. The molecule has 0 aromatic carbocycles. The number of nitrogens with zero attached hydrogens (tertiary/aromatic N) is 2. The molecule has 0 fully saturated rings. The van der Waals surface area contributed by atoms with Gasteiger partial charge in [-0.25, -0.2) is 9.37 Å². The highest BCUT2D eigenvalue weighted by Crippen LogP contribution is 2.20. The largest absolute Gasteiger partial charge is 0.350 e. The Labute approximate surface area is 94.0 Å². The van der Waals surface area contributed by atoms with Crippen LogP contribution in [0, 0.1) is 5.82 Å². The first kappa shape index (κ1) is 12.2. The van der Waals surface area contributed by atoms with Crippen LogP contribution in [0.1, 0.15) is 13.8 Å². The van der Waals surface area contributed by atoms with Gasteiger partial charge < -0.3 is 10.6 Å². The van der Waals surface area contributed by atoms with E-state index in [9.17, 15) is 4.39 Å². The highest BCUT2D eigenvalue weighted by Gasteiger charge is 2.15. The normalized spacial score (nSPS) is 10.8. The lowest BCUT2D eigenvalue weighted by Gasteiger charge is -2.27. The SMILES string of the molecule is CC(C)N(CCN)c1ncc(Cl)cc1F. The molecule has 1 aromatic heterocycles. The van der Waals surface area contributed by atoms with Gasteiger partial charge >= 0.3 is 0 Å². The average molecular weight is 232 g/mol. The third-order valence-electron chi connectivity index (χ3n) is 2.05. The van der Waals surface area contributed by atoms with E-state index in [4.69, 9.17) is 17.3 Å². The highest BCUT2D eigenvalue weighted by molar-refractivity contribution is 6.30. The zero-order valence-electron chi connectivity index (χ0n) is 8.87. The summed E-state index contributed by atoms with van der Waals surface area (Å²) in [5, 5.41) is 0.299. The molecule has 0 saturated heterocycles. The Balaban J connectivity index is 3.00. The van der Waals surface area contributed by atoms with E-state index in [0.717, 1.165) is 0 Å². The summed E-state index contributed by atoms with van der Waals surface area (Å²) in [6.07, 6.45) is 1.44. The minimum Gasteiger partial charge on any atom is -0.350 e. The van der Waals surface area contributed by atoms with Gasteiger partial charge in [0.15, 0.2) is 11.6 Å². The van der Waals surface area contributed by atoms with E-state index in [0.29, 0.717) is 23.9 Å². The van der Waals surface area contributed by atoms with Gasteiger partial charge in [0, 0.05) is 25.3 Å². The van der Waals surface area contributed by atoms with Crippen molar-refractivity contribution in [1.82, 2.24) is 4.98 Å². The first-order chi connectivity index (χ1) is 7.06. The molecule has 1 aromatic rings. The van der Waals surface area contributed by atoms with Gasteiger partial charge in [-0.15, -0.1) is 0 Å². The van der Waals surface area contributed by atoms with E-state index < -0.39 is 5.82 Å². The molecule has 0 aliphatic carbocycles. The van der Waals surface area contributed by atoms with Gasteiger partial charge in [-0.1, -0.05) is 11.6 Å². The molecule has 84 valence electrons. The fraction of sp³-hybridized carbons (Fsp3) is 0.500. The molecule has 0 atom stereocenters. The van der Waals surface area contributed by atoms with Crippen LogP contribution >= 0.6 is 11.6 Å². The molecule has 1 heterocycles. The number of anilines is 1. The lowest BCUT2D eigenvalue weighted by atomic mass is 10.3. The standard InChI is InChI=1S/C10H15ClFN3/c1-7(2)15(4-3-13)10-9(12)5-8(11)6-14-10/h5-7H,3-4,13H2,1-2H3. The molecule has 0 spiro atoms. The summed E-state index contributed by atoms with van der Waals surface area (Å²) in [4.78, 5) is 5.79. The molecular formula is C10H15ClFN3. The summed E-state index contributed by atoms with van der Waals surface area (Å²) in [5.41, 5.74) is 5.47. The quantitative estimate of drug-likeness (QED) is 0.863. The van der Waals surface area contributed by atoms with Crippen LogP contribution in [-0.4, -0.2) is 24.1 Å². The van der Waals surface area contributed by atoms with E-state index in [1.165, 1.54) is 12.3 Å². The van der Waals surface area contributed by atoms with Crippen molar-refractivity contribution in [2.75, 3.05) is 18.0 Å². The molecule has 2 N–H and O–H groups in total. The van der Waals surface area contributed by atoms with Crippen molar-refractivity contribution in [3.05, 3.63) is 23.1 Å². The lowest BCUT2D eigenvalue weighted by molar-refractivity contribution is 0.590. The number of pyridine rings is 1. The molecule has 0 radical (unpaired) electrons. The molecule has 0 saturated carbocycles. The van der Waals surface area contributed by atoms with Gasteiger partial charge in [-0.05, 0) is 19.9 Å². The number of hydrogen-bond acceptors (Lipinski definition) is 3. The molecule has 1 rings (SSSR count). The van der Waals surface area contributed by atoms with E-state index in [1.807, 2.05) is 18.7 Å². The number of hydrogen-bond donors (Lipinski definition) is 1. The summed E-state index contributed by atoms with van der Waals surface area (Å²) in [5.74, 6) is -0.107. The third-order valence-corrected chi connectivity index (χ3v) is 2.26. The Hall–Kier alpha value is -0.870. The predicted molar refractivity (Wildman–Crippen MR) is 60.7 cm³/mol. The van der Waals surface area contributed by atoms with Gasteiger partial charge in [-0.3, -0.25) is 0 Å². The smallest absolute Gasteiger partial charge is 0.167 e. The molecular weight excluding hydrogens is 217 g/mol. The van der Waals surface area contributed by atoms with Crippen molar-refractivity contribution >= 4 is 17.4 Å². The minimum atomic E-state index is -0.412. The Morgan fingerprint density at radius 3 is 2.73 bits per heavy atom. The second-order valence-corrected chi connectivity index (χ2v) is 3.97. The summed E-state index contributed by atoms with van der Waals surface area (Å²) < 4.78 is 13.6. The Bertz CT molecular complexity index is 330. The van der Waals surface area contributed by atoms with Crippen molar-refractivity contribution in [2.45, 2.75) is 19.9 Å². The van der Waals surface area contributed by atoms with E-state index in [1.54, 1.807) is 0 Å². The number of halogens is 2. The van der Waals surface area contributed by atoms with Crippen LogP contribution in [0.5, 0.6) is 0 Å². The summed E-state index contributed by atoms with van der Waals surface area (Å²) >= 11 is 5.63. The summed E-state index contributed by atoms with van der Waals surface area (Å²) in [6, 6.07) is 1.41. The van der Waals surface area contributed by atoms with Gasteiger partial charge in [0.1, 0.15) is 0 Å². The van der Waals surface area contributed by atoms with Crippen LogP contribution in [0.4, 0.5) is 10.2 Å². The molecule has 0 unspecified atom stereocenters. The van der Waals surface area contributed by atoms with Crippen molar-refractivity contribution in [2.24, 2.45) is 5.73 Å². The van der Waals surface area contributed by atoms with Crippen LogP contribution in [0.3, 0.4) is 0 Å². The van der Waals surface area contributed by atoms with Crippen LogP contribution in [0.2, 0.25) is 5.02 Å². The van der Waals surface area contributed by atoms with Crippen LogP contribution < -0.4 is 10.6 Å². The maximum atomic E-state index is 13.6. The molecule has 0 aliphatic rings. The number of nitrogens with two attached hydrogens (primary N) is 1. The second-order valence-electron chi connectivity index (χ2n) is 3.53. The summed E-state index contributed by atoms with van der Waals surface area (Å²) in [7, 11) is 0. The van der Waals surface area contributed by atoms with Gasteiger partial charge in [0.25, 0.3) is 0 Å². The van der Waals surface area contributed by atoms with Crippen molar-refractivity contribution in [3.63, 3.8) is 0 Å². The fourth-order valence-electron chi connectivity index (χ4n) is 1.37. The number of rotatable bonds is 4. The Kier molecular flexibility index (Phi) is 4.29. The average Bonchev–Trinajstić information content (AvgIpc) is 2.15. The Morgan fingerprint density at radius 1 is 1.60 bits per heavy atom. The molecule has 5 heteroatoms. The van der Waals surface area contributed by atoms with Gasteiger partial charge in [0.2, 0.25) is 0 Å². The van der Waals surface area contributed by atoms with Crippen molar-refractivity contribution in [3.8, 4) is 0 Å². The zero-order valence-corrected chi connectivity index (χ0v) is 9.63. The minimum absolute atomic E-state index is 0.150. The Morgan fingerprint density at radius 2 is 2.27 bits per heavy atom. The second kappa shape index (κ2) is 5.28. The molecule has 15 heavy (non-hydrogen) atoms. The lowest BCUT2D eigenvalue weighted by Crippen LogP contribution is -2.36. The van der Waals surface area contributed by atoms with E-state index in [-0.39, 0.29) is 6.04 Å². The van der Waals surface area contributed by atoms with Crippen LogP contribution in [-0.2, 0) is 0 Å². The first-order valence-electron chi connectivity index (χ1n) is 4.84. The van der Waals surface area contributed by atoms with Crippen molar-refractivity contribution in [1.29, 1.82) is 0 Å². The maximum absolute atomic E-state index is 13.6. The molecule has 0 aliphatic heterocycles. The zero-order chi connectivity index (χ0) is 11.4. The van der Waals surface area contributed by atoms with Crippen molar-refractivity contribution < 1.29 is 4.39 Å². The first-order valence-corrected chi connectivity index (χ1v) is 5.21. The predicted octanol–water partition coefficient (Wildman–Crippen LogP) is 2.05. The van der Waals surface area contributed by atoms with Gasteiger partial charge in [-0.2, -0.15) is 0 Å². The van der Waals surface area contributed by atoms with Crippen LogP contribution in [0.25, 0.3) is 0 Å². The monoisotopic (exact) mass is 231 g/mol. The van der Waals surface area contributed by atoms with Gasteiger partial charge in [0.05, 0.1) is 5.02 Å². The molecule has 3 nitrogen and oxygen atoms in total. The number of aromatic nitrogens is 1. The van der Waals surface area contributed by atoms with Crippen LogP contribution in [0.15, 0.2) is 12.3 Å². The molecule has 0 bridgehead atoms.